The third-order valence-corrected chi connectivity index (χ3v) is 4.73. The van der Waals surface area contributed by atoms with Crippen molar-refractivity contribution >= 4 is 29.1 Å². The number of nitrogens with one attached hydrogen (secondary N) is 1. The fraction of sp³-hybridized carbons (Fsp3) is 0.105. The van der Waals surface area contributed by atoms with Crippen LogP contribution in [-0.4, -0.2) is 15.6 Å². The number of ether oxygens (including phenoxy) is 1. The number of hydrogen-bond acceptors (Lipinski definition) is 5. The molecule has 0 radical (unpaired) electrons. The van der Waals surface area contributed by atoms with Gasteiger partial charge in [0.15, 0.2) is 23.0 Å². The van der Waals surface area contributed by atoms with Crippen molar-refractivity contribution in [3.63, 3.8) is 0 Å². The van der Waals surface area contributed by atoms with Gasteiger partial charge in [0.25, 0.3) is 12.3 Å². The van der Waals surface area contributed by atoms with Gasteiger partial charge in [-0.25, -0.2) is 13.2 Å². The molecule has 9 nitrogen and oxygen atoms in total. The number of nitriles is 1. The van der Waals surface area contributed by atoms with E-state index in [1.165, 1.54) is 12.1 Å². The van der Waals surface area contributed by atoms with Crippen LogP contribution in [0, 0.1) is 17.1 Å². The highest BCUT2D eigenvalue weighted by Gasteiger charge is 2.23. The Morgan fingerprint density at radius 1 is 1.36 bits per heavy atom. The van der Waals surface area contributed by atoms with Gasteiger partial charge in [-0.3, -0.25) is 4.79 Å². The molecule has 0 atom stereocenters. The molecule has 14 heteroatoms. The topological polar surface area (TPSA) is 129 Å². The van der Waals surface area contributed by atoms with Gasteiger partial charge in [-0.2, -0.15) is 19.8 Å². The first-order valence-electron chi connectivity index (χ1n) is 8.79. The zero-order chi connectivity index (χ0) is 24.1. The fourth-order valence-electron chi connectivity index (χ4n) is 2.68. The van der Waals surface area contributed by atoms with Gasteiger partial charge in [-0.1, -0.05) is 29.3 Å². The van der Waals surface area contributed by atoms with Gasteiger partial charge in [0.2, 0.25) is 5.69 Å². The summed E-state index contributed by atoms with van der Waals surface area (Å²) in [7, 11) is 0. The summed E-state index contributed by atoms with van der Waals surface area (Å²) in [5.74, 6) is -2.50. The highest BCUT2D eigenvalue weighted by atomic mass is 35.5. The summed E-state index contributed by atoms with van der Waals surface area (Å²) in [6.07, 6.45) is -1.86. The number of carbonyl (C=O) groups is 1. The molecule has 1 heterocycles. The van der Waals surface area contributed by atoms with Crippen LogP contribution in [0.15, 0.2) is 41.9 Å². The van der Waals surface area contributed by atoms with Gasteiger partial charge in [0, 0.05) is 17.7 Å². The third kappa shape index (κ3) is 5.30. The predicted molar refractivity (Wildman–Crippen MR) is 111 cm³/mol. The highest BCUT2D eigenvalue weighted by molar-refractivity contribution is 6.32. The number of nitrogens with zero attached hydrogens (tertiary/aromatic N) is 6. The van der Waals surface area contributed by atoms with Gasteiger partial charge in [-0.15, -0.1) is 5.53 Å². The molecule has 0 aliphatic heterocycles. The lowest BCUT2D eigenvalue weighted by Gasteiger charge is -2.13. The molecule has 168 valence electrons. The Labute approximate surface area is 193 Å². The zero-order valence-electron chi connectivity index (χ0n) is 16.1. The van der Waals surface area contributed by atoms with Crippen LogP contribution in [0.4, 0.5) is 13.2 Å². The second kappa shape index (κ2) is 10.1. The largest absolute Gasteiger partial charge is 0.453 e. The van der Waals surface area contributed by atoms with Gasteiger partial charge in [0.05, 0.1) is 16.7 Å². The van der Waals surface area contributed by atoms with Gasteiger partial charge < -0.3 is 10.1 Å². The number of hydrogen-bond donors (Lipinski definition) is 1. The number of halogens is 5. The van der Waals surface area contributed by atoms with E-state index in [0.29, 0.717) is 0 Å². The smallest absolute Gasteiger partial charge is 0.295 e. The van der Waals surface area contributed by atoms with E-state index in [4.69, 9.17) is 38.7 Å². The Kier molecular flexibility index (Phi) is 7.30. The van der Waals surface area contributed by atoms with Crippen molar-refractivity contribution in [2.24, 2.45) is 5.22 Å². The van der Waals surface area contributed by atoms with E-state index < -0.39 is 29.5 Å². The quantitative estimate of drug-likeness (QED) is 0.247. The van der Waals surface area contributed by atoms with Gasteiger partial charge in [0.1, 0.15) is 5.75 Å². The molecule has 3 aromatic rings. The van der Waals surface area contributed by atoms with E-state index in [1.807, 2.05) is 0 Å². The first-order chi connectivity index (χ1) is 15.7. The number of alkyl halides is 2. The van der Waals surface area contributed by atoms with E-state index in [2.05, 4.69) is 20.4 Å². The molecule has 2 aromatic carbocycles. The summed E-state index contributed by atoms with van der Waals surface area (Å²) in [4.78, 5) is 18.6. The number of aromatic nitrogens is 2. The standard InChI is InChI=1S/C19H10Cl2F3N7O2/c20-13-2-1-10(7-27-19(32)15-17(21)28-8-31(15)30-29-26)14(22)16(13)33-12-4-9(6-25)3-11(5-12)18(23)24/h1-5,8,18H,7H2,(H,27,32). The fourth-order valence-corrected chi connectivity index (χ4v) is 3.08. The summed E-state index contributed by atoms with van der Waals surface area (Å²) < 4.78 is 47.4. The highest BCUT2D eigenvalue weighted by Crippen LogP contribution is 2.35. The Bertz CT molecular complexity index is 1320. The Hall–Kier alpha value is -3.91. The molecule has 0 saturated carbocycles. The van der Waals surface area contributed by atoms with Crippen LogP contribution < -0.4 is 10.1 Å². The minimum absolute atomic E-state index is 0.0701. The molecule has 0 spiro atoms. The maximum absolute atomic E-state index is 15.0. The summed E-state index contributed by atoms with van der Waals surface area (Å²) in [5, 5.41) is 14.2. The van der Waals surface area contributed by atoms with E-state index >= 15 is 4.39 Å². The lowest BCUT2D eigenvalue weighted by atomic mass is 10.1. The number of benzene rings is 2. The first kappa shape index (κ1) is 23.7. The molecule has 1 aromatic heterocycles. The minimum atomic E-state index is -2.88. The third-order valence-electron chi connectivity index (χ3n) is 4.15. The second-order valence-electron chi connectivity index (χ2n) is 6.25. The van der Waals surface area contributed by atoms with Crippen LogP contribution >= 0.6 is 23.2 Å². The maximum Gasteiger partial charge on any atom is 0.295 e. The van der Waals surface area contributed by atoms with E-state index in [-0.39, 0.29) is 39.3 Å². The number of azide groups is 1. The average Bonchev–Trinajstić information content (AvgIpc) is 3.15. The molecule has 0 saturated heterocycles. The minimum Gasteiger partial charge on any atom is -0.453 e. The molecule has 0 aliphatic carbocycles. The SMILES string of the molecule is N#Cc1cc(Oc2c(Cl)ccc(CNC(=O)c3c(Cl)ncn3N=[N+]=[N-])c2F)cc(C(F)F)c1. The summed E-state index contributed by atoms with van der Waals surface area (Å²) in [6, 6.07) is 7.35. The number of rotatable bonds is 7. The zero-order valence-corrected chi connectivity index (χ0v) is 17.7. The molecule has 3 rings (SSSR count). The molecule has 33 heavy (non-hydrogen) atoms. The van der Waals surface area contributed by atoms with Gasteiger partial charge in [-0.05, 0) is 29.5 Å². The van der Waals surface area contributed by atoms with E-state index in [1.54, 1.807) is 6.07 Å². The number of carbonyl (C=O) groups excluding carboxylic acids is 1. The van der Waals surface area contributed by atoms with Crippen molar-refractivity contribution in [1.82, 2.24) is 15.0 Å². The molecular weight excluding hydrogens is 486 g/mol. The molecule has 1 amide bonds. The second-order valence-corrected chi connectivity index (χ2v) is 7.01. The predicted octanol–water partition coefficient (Wildman–Crippen LogP) is 5.93. The summed E-state index contributed by atoms with van der Waals surface area (Å²) >= 11 is 11.8. The normalized spacial score (nSPS) is 10.5. The molecule has 0 aliphatic rings. The van der Waals surface area contributed by atoms with Crippen molar-refractivity contribution in [2.75, 3.05) is 0 Å². The van der Waals surface area contributed by atoms with Crippen LogP contribution in [0.1, 0.15) is 33.6 Å². The van der Waals surface area contributed by atoms with Crippen molar-refractivity contribution in [3.05, 3.63) is 85.5 Å². The molecule has 0 bridgehead atoms. The monoisotopic (exact) mass is 495 g/mol. The molecule has 0 unspecified atom stereocenters. The number of imidazole rings is 1. The summed E-state index contributed by atoms with van der Waals surface area (Å²) in [6.45, 7) is -0.365. The number of amides is 1. The van der Waals surface area contributed by atoms with Crippen molar-refractivity contribution in [2.45, 2.75) is 13.0 Å². The Balaban J connectivity index is 1.86. The first-order valence-corrected chi connectivity index (χ1v) is 9.55. The lowest BCUT2D eigenvalue weighted by molar-refractivity contribution is 0.0942. The molecular formula is C19H10Cl2F3N7O2. The average molecular weight is 496 g/mol. The Morgan fingerprint density at radius 3 is 2.79 bits per heavy atom. The van der Waals surface area contributed by atoms with Crippen LogP contribution in [0.3, 0.4) is 0 Å². The van der Waals surface area contributed by atoms with Crippen LogP contribution in [0.2, 0.25) is 10.2 Å². The van der Waals surface area contributed by atoms with Gasteiger partial charge >= 0.3 is 0 Å². The Morgan fingerprint density at radius 2 is 2.12 bits per heavy atom. The maximum atomic E-state index is 15.0. The van der Waals surface area contributed by atoms with Crippen molar-refractivity contribution < 1.29 is 22.7 Å². The van der Waals surface area contributed by atoms with Crippen LogP contribution in [0.25, 0.3) is 10.4 Å². The van der Waals surface area contributed by atoms with Crippen molar-refractivity contribution in [1.29, 1.82) is 5.26 Å². The van der Waals surface area contributed by atoms with E-state index in [9.17, 15) is 13.6 Å². The van der Waals surface area contributed by atoms with Crippen molar-refractivity contribution in [3.8, 4) is 17.6 Å². The van der Waals surface area contributed by atoms with Crippen LogP contribution in [-0.2, 0) is 6.54 Å². The van der Waals surface area contributed by atoms with Crippen LogP contribution in [0.5, 0.6) is 11.5 Å². The lowest BCUT2D eigenvalue weighted by Crippen LogP contribution is -2.25. The molecule has 1 N–H and O–H groups in total. The van der Waals surface area contributed by atoms with E-state index in [0.717, 1.165) is 29.2 Å². The summed E-state index contributed by atoms with van der Waals surface area (Å²) in [5.41, 5.74) is 7.59. The molecule has 0 fully saturated rings.